The number of rotatable bonds is 7. The van der Waals surface area contributed by atoms with E-state index in [4.69, 9.17) is 11.6 Å². The van der Waals surface area contributed by atoms with Crippen LogP contribution in [0, 0.1) is 0 Å². The molecule has 0 spiro atoms. The topological polar surface area (TPSA) is 39.1 Å². The standard InChI is InChI=1S/C14H16ClF2N3O/c1-20-7-5-12(19-20)4-6-18-9-10-8-11(15)2-3-13(10)21-14(16)17/h2-3,5,7-8,14,18H,4,6,9H2,1H3. The molecule has 0 saturated heterocycles. The highest BCUT2D eigenvalue weighted by Gasteiger charge is 2.10. The summed E-state index contributed by atoms with van der Waals surface area (Å²) < 4.78 is 30.9. The molecule has 0 amide bonds. The number of aromatic nitrogens is 2. The van der Waals surface area contributed by atoms with Gasteiger partial charge in [0, 0.05) is 43.3 Å². The van der Waals surface area contributed by atoms with E-state index >= 15 is 0 Å². The predicted molar refractivity (Wildman–Crippen MR) is 76.7 cm³/mol. The van der Waals surface area contributed by atoms with E-state index in [0.717, 1.165) is 12.1 Å². The monoisotopic (exact) mass is 315 g/mol. The van der Waals surface area contributed by atoms with Crippen LogP contribution in [0.2, 0.25) is 5.02 Å². The average molecular weight is 316 g/mol. The molecule has 0 atom stereocenters. The second-order valence-electron chi connectivity index (χ2n) is 4.54. The Morgan fingerprint density at radius 3 is 2.86 bits per heavy atom. The first-order valence-corrected chi connectivity index (χ1v) is 6.85. The number of hydrogen-bond donors (Lipinski definition) is 1. The summed E-state index contributed by atoms with van der Waals surface area (Å²) >= 11 is 5.88. The van der Waals surface area contributed by atoms with Gasteiger partial charge >= 0.3 is 6.61 Å². The van der Waals surface area contributed by atoms with Gasteiger partial charge in [-0.15, -0.1) is 0 Å². The van der Waals surface area contributed by atoms with Gasteiger partial charge < -0.3 is 10.1 Å². The van der Waals surface area contributed by atoms with E-state index in [1.54, 1.807) is 10.7 Å². The van der Waals surface area contributed by atoms with Crippen LogP contribution in [0.5, 0.6) is 5.75 Å². The van der Waals surface area contributed by atoms with Crippen molar-refractivity contribution in [3.8, 4) is 5.75 Å². The smallest absolute Gasteiger partial charge is 0.387 e. The van der Waals surface area contributed by atoms with Crippen LogP contribution in [0.25, 0.3) is 0 Å². The molecule has 2 rings (SSSR count). The van der Waals surface area contributed by atoms with Crippen molar-refractivity contribution in [1.82, 2.24) is 15.1 Å². The Bertz CT molecular complexity index is 589. The largest absolute Gasteiger partial charge is 0.434 e. The lowest BCUT2D eigenvalue weighted by Gasteiger charge is -2.11. The van der Waals surface area contributed by atoms with Gasteiger partial charge in [-0.05, 0) is 24.3 Å². The molecule has 0 aliphatic heterocycles. The molecule has 1 aromatic carbocycles. The van der Waals surface area contributed by atoms with Crippen LogP contribution in [0.4, 0.5) is 8.78 Å². The zero-order valence-electron chi connectivity index (χ0n) is 11.5. The fourth-order valence-corrected chi connectivity index (χ4v) is 2.13. The van der Waals surface area contributed by atoms with Crippen molar-refractivity contribution < 1.29 is 13.5 Å². The van der Waals surface area contributed by atoms with E-state index in [1.165, 1.54) is 12.1 Å². The van der Waals surface area contributed by atoms with E-state index in [9.17, 15) is 8.78 Å². The molecule has 7 heteroatoms. The van der Waals surface area contributed by atoms with Gasteiger partial charge in [-0.25, -0.2) is 0 Å². The van der Waals surface area contributed by atoms with Crippen LogP contribution in [0.1, 0.15) is 11.3 Å². The Hall–Kier alpha value is -1.66. The Labute approximate surface area is 126 Å². The minimum absolute atomic E-state index is 0.139. The summed E-state index contributed by atoms with van der Waals surface area (Å²) in [6.07, 6.45) is 2.63. The van der Waals surface area contributed by atoms with Crippen molar-refractivity contribution in [3.05, 3.63) is 46.7 Å². The SMILES string of the molecule is Cn1ccc(CCNCc2cc(Cl)ccc2OC(F)F)n1. The fourth-order valence-electron chi connectivity index (χ4n) is 1.93. The lowest BCUT2D eigenvalue weighted by molar-refractivity contribution is -0.0504. The number of nitrogens with zero attached hydrogens (tertiary/aromatic N) is 2. The Balaban J connectivity index is 1.88. The summed E-state index contributed by atoms with van der Waals surface area (Å²) in [6.45, 7) is -1.77. The minimum atomic E-state index is -2.85. The highest BCUT2D eigenvalue weighted by molar-refractivity contribution is 6.30. The second-order valence-corrected chi connectivity index (χ2v) is 4.97. The van der Waals surface area contributed by atoms with Crippen molar-refractivity contribution in [2.75, 3.05) is 6.54 Å². The van der Waals surface area contributed by atoms with Crippen LogP contribution in [-0.4, -0.2) is 22.9 Å². The molecule has 1 aromatic heterocycles. The number of aryl methyl sites for hydroxylation is 1. The van der Waals surface area contributed by atoms with Crippen molar-refractivity contribution in [1.29, 1.82) is 0 Å². The number of hydrogen-bond acceptors (Lipinski definition) is 3. The molecular formula is C14H16ClF2N3O. The summed E-state index contributed by atoms with van der Waals surface area (Å²) in [4.78, 5) is 0. The fraction of sp³-hybridized carbons (Fsp3) is 0.357. The highest BCUT2D eigenvalue weighted by atomic mass is 35.5. The lowest BCUT2D eigenvalue weighted by Crippen LogP contribution is -2.18. The van der Waals surface area contributed by atoms with Gasteiger partial charge in [-0.3, -0.25) is 4.68 Å². The molecule has 1 heterocycles. The van der Waals surface area contributed by atoms with E-state index < -0.39 is 6.61 Å². The molecule has 0 aliphatic rings. The van der Waals surface area contributed by atoms with Crippen molar-refractivity contribution in [2.45, 2.75) is 19.6 Å². The lowest BCUT2D eigenvalue weighted by atomic mass is 10.2. The van der Waals surface area contributed by atoms with Crippen LogP contribution in [0.15, 0.2) is 30.5 Å². The quantitative estimate of drug-likeness (QED) is 0.798. The van der Waals surface area contributed by atoms with Crippen molar-refractivity contribution in [3.63, 3.8) is 0 Å². The molecule has 2 aromatic rings. The normalized spacial score (nSPS) is 11.1. The first-order chi connectivity index (χ1) is 10.0. The third-order valence-electron chi connectivity index (χ3n) is 2.88. The van der Waals surface area contributed by atoms with Gasteiger partial charge in [0.25, 0.3) is 0 Å². The average Bonchev–Trinajstić information content (AvgIpc) is 2.83. The molecule has 114 valence electrons. The van der Waals surface area contributed by atoms with Gasteiger partial charge in [-0.1, -0.05) is 11.6 Å². The summed E-state index contributed by atoms with van der Waals surface area (Å²) in [6, 6.07) is 6.53. The first-order valence-electron chi connectivity index (χ1n) is 6.47. The van der Waals surface area contributed by atoms with Crippen LogP contribution in [0.3, 0.4) is 0 Å². The summed E-state index contributed by atoms with van der Waals surface area (Å²) in [7, 11) is 1.86. The minimum Gasteiger partial charge on any atom is -0.434 e. The van der Waals surface area contributed by atoms with Gasteiger partial charge in [0.05, 0.1) is 5.69 Å². The number of benzene rings is 1. The molecule has 0 aliphatic carbocycles. The molecule has 0 bridgehead atoms. The molecule has 0 radical (unpaired) electrons. The van der Waals surface area contributed by atoms with Crippen LogP contribution < -0.4 is 10.1 Å². The number of halogens is 3. The van der Waals surface area contributed by atoms with E-state index in [2.05, 4.69) is 15.2 Å². The molecule has 0 unspecified atom stereocenters. The van der Waals surface area contributed by atoms with Crippen LogP contribution >= 0.6 is 11.6 Å². The molecule has 0 fully saturated rings. The second kappa shape index (κ2) is 7.38. The number of alkyl halides is 2. The zero-order valence-corrected chi connectivity index (χ0v) is 12.3. The number of nitrogens with one attached hydrogen (secondary N) is 1. The molecule has 4 nitrogen and oxygen atoms in total. The van der Waals surface area contributed by atoms with Gasteiger partial charge in [-0.2, -0.15) is 13.9 Å². The molecule has 1 N–H and O–H groups in total. The maximum absolute atomic E-state index is 12.3. The summed E-state index contributed by atoms with van der Waals surface area (Å²) in [5, 5.41) is 7.91. The zero-order chi connectivity index (χ0) is 15.2. The van der Waals surface area contributed by atoms with E-state index in [0.29, 0.717) is 23.7 Å². The maximum Gasteiger partial charge on any atom is 0.387 e. The Kier molecular flexibility index (Phi) is 5.52. The van der Waals surface area contributed by atoms with E-state index in [-0.39, 0.29) is 5.75 Å². The maximum atomic E-state index is 12.3. The third-order valence-corrected chi connectivity index (χ3v) is 3.12. The molecule has 0 saturated carbocycles. The first kappa shape index (κ1) is 15.7. The molecular weight excluding hydrogens is 300 g/mol. The number of ether oxygens (including phenoxy) is 1. The summed E-state index contributed by atoms with van der Waals surface area (Å²) in [5.41, 5.74) is 1.57. The van der Waals surface area contributed by atoms with Gasteiger partial charge in [0.1, 0.15) is 5.75 Å². The van der Waals surface area contributed by atoms with E-state index in [1.807, 2.05) is 19.3 Å². The summed E-state index contributed by atoms with van der Waals surface area (Å²) in [5.74, 6) is 0.139. The predicted octanol–water partition coefficient (Wildman–Crippen LogP) is 3.01. The van der Waals surface area contributed by atoms with Crippen molar-refractivity contribution in [2.24, 2.45) is 7.05 Å². The Morgan fingerprint density at radius 1 is 1.38 bits per heavy atom. The molecule has 21 heavy (non-hydrogen) atoms. The highest BCUT2D eigenvalue weighted by Crippen LogP contribution is 2.24. The van der Waals surface area contributed by atoms with Crippen LogP contribution in [-0.2, 0) is 20.0 Å². The van der Waals surface area contributed by atoms with Gasteiger partial charge in [0.15, 0.2) is 0 Å². The third kappa shape index (κ3) is 4.99. The Morgan fingerprint density at radius 2 is 2.19 bits per heavy atom. The van der Waals surface area contributed by atoms with Gasteiger partial charge in [0.2, 0.25) is 0 Å². The van der Waals surface area contributed by atoms with Crippen molar-refractivity contribution >= 4 is 11.6 Å².